The highest BCUT2D eigenvalue weighted by Gasteiger charge is 2.34. The summed E-state index contributed by atoms with van der Waals surface area (Å²) in [5.41, 5.74) is 2.83. The maximum atomic E-state index is 13.0. The van der Waals surface area contributed by atoms with E-state index in [-0.39, 0.29) is 28.4 Å². The molecule has 1 aliphatic carbocycles. The van der Waals surface area contributed by atoms with Gasteiger partial charge < -0.3 is 10.4 Å². The monoisotopic (exact) mass is 329 g/mol. The number of ketones is 2. The number of aromatic hydroxyl groups is 1. The van der Waals surface area contributed by atoms with Gasteiger partial charge in [-0.2, -0.15) is 0 Å². The highest BCUT2D eigenvalue weighted by Crippen LogP contribution is 2.39. The number of fused-ring (bicyclic) bond motifs is 2. The number of para-hydroxylation sites is 1. The van der Waals surface area contributed by atoms with Crippen molar-refractivity contribution in [3.05, 3.63) is 88.5 Å². The molecule has 3 aromatic rings. The predicted octanol–water partition coefficient (Wildman–Crippen LogP) is 4.22. The average Bonchev–Trinajstić information content (AvgIpc) is 2.63. The first-order chi connectivity index (χ1) is 12.1. The van der Waals surface area contributed by atoms with Crippen molar-refractivity contribution in [2.75, 3.05) is 5.32 Å². The number of carbonyl (C=O) groups is 2. The zero-order valence-corrected chi connectivity index (χ0v) is 13.5. The lowest BCUT2D eigenvalue weighted by Crippen LogP contribution is -2.22. The number of phenols is 1. The molecule has 2 N–H and O–H groups in total. The lowest BCUT2D eigenvalue weighted by Gasteiger charge is -2.23. The minimum Gasteiger partial charge on any atom is -0.507 e. The molecule has 0 atom stereocenters. The van der Waals surface area contributed by atoms with E-state index in [1.807, 2.05) is 30.3 Å². The Morgan fingerprint density at radius 1 is 0.800 bits per heavy atom. The quantitative estimate of drug-likeness (QED) is 0.540. The van der Waals surface area contributed by atoms with E-state index in [4.69, 9.17) is 0 Å². The van der Waals surface area contributed by atoms with E-state index in [0.717, 1.165) is 5.69 Å². The first-order valence-electron chi connectivity index (χ1n) is 7.95. The second-order valence-electron chi connectivity index (χ2n) is 6.03. The van der Waals surface area contributed by atoms with Crippen molar-refractivity contribution < 1.29 is 14.7 Å². The van der Waals surface area contributed by atoms with Crippen molar-refractivity contribution in [1.82, 2.24) is 0 Å². The van der Waals surface area contributed by atoms with E-state index in [0.29, 0.717) is 22.4 Å². The Kier molecular flexibility index (Phi) is 3.39. The molecule has 4 rings (SSSR count). The van der Waals surface area contributed by atoms with Crippen LogP contribution < -0.4 is 5.32 Å². The van der Waals surface area contributed by atoms with Gasteiger partial charge in [-0.15, -0.1) is 0 Å². The number of aryl methyl sites for hydroxylation is 1. The van der Waals surface area contributed by atoms with Crippen LogP contribution in [0.15, 0.2) is 60.7 Å². The van der Waals surface area contributed by atoms with E-state index >= 15 is 0 Å². The van der Waals surface area contributed by atoms with Gasteiger partial charge in [-0.1, -0.05) is 42.5 Å². The molecule has 4 nitrogen and oxygen atoms in total. The number of benzene rings is 3. The number of carbonyl (C=O) groups excluding carboxylic acids is 2. The van der Waals surface area contributed by atoms with Gasteiger partial charge >= 0.3 is 0 Å². The Bertz CT molecular complexity index is 1020. The molecule has 122 valence electrons. The van der Waals surface area contributed by atoms with Crippen molar-refractivity contribution in [1.29, 1.82) is 0 Å². The maximum Gasteiger partial charge on any atom is 0.198 e. The Morgan fingerprint density at radius 3 is 2.00 bits per heavy atom. The highest BCUT2D eigenvalue weighted by atomic mass is 16.3. The van der Waals surface area contributed by atoms with Crippen LogP contribution in [0, 0.1) is 6.92 Å². The molecule has 0 amide bonds. The molecule has 0 spiro atoms. The van der Waals surface area contributed by atoms with Gasteiger partial charge in [0.25, 0.3) is 0 Å². The molecule has 0 radical (unpaired) electrons. The average molecular weight is 329 g/mol. The van der Waals surface area contributed by atoms with Gasteiger partial charge in [0.2, 0.25) is 0 Å². The molecule has 0 aromatic heterocycles. The molecule has 4 heteroatoms. The van der Waals surface area contributed by atoms with Crippen LogP contribution in [-0.4, -0.2) is 16.7 Å². The number of nitrogens with one attached hydrogen (secondary N) is 1. The minimum atomic E-state index is -0.331. The normalized spacial score (nSPS) is 12.5. The van der Waals surface area contributed by atoms with Crippen LogP contribution >= 0.6 is 0 Å². The molecule has 0 unspecified atom stereocenters. The van der Waals surface area contributed by atoms with E-state index in [1.165, 1.54) is 0 Å². The van der Waals surface area contributed by atoms with Gasteiger partial charge in [-0.25, -0.2) is 0 Å². The number of rotatable bonds is 2. The summed E-state index contributed by atoms with van der Waals surface area (Å²) in [5.74, 6) is -0.733. The molecular weight excluding hydrogens is 314 g/mol. The zero-order valence-electron chi connectivity index (χ0n) is 13.5. The highest BCUT2D eigenvalue weighted by molar-refractivity contribution is 6.31. The fourth-order valence-corrected chi connectivity index (χ4v) is 3.19. The Labute approximate surface area is 144 Å². The lowest BCUT2D eigenvalue weighted by atomic mass is 9.81. The number of hydrogen-bond acceptors (Lipinski definition) is 4. The summed E-state index contributed by atoms with van der Waals surface area (Å²) >= 11 is 0. The van der Waals surface area contributed by atoms with E-state index in [9.17, 15) is 14.7 Å². The van der Waals surface area contributed by atoms with Crippen molar-refractivity contribution in [3.8, 4) is 5.75 Å². The molecule has 0 aliphatic heterocycles. The van der Waals surface area contributed by atoms with Crippen molar-refractivity contribution in [2.24, 2.45) is 0 Å². The smallest absolute Gasteiger partial charge is 0.198 e. The van der Waals surface area contributed by atoms with Gasteiger partial charge in [-0.05, 0) is 30.7 Å². The summed E-state index contributed by atoms with van der Waals surface area (Å²) in [5, 5.41) is 13.6. The summed E-state index contributed by atoms with van der Waals surface area (Å²) in [4.78, 5) is 25.9. The fraction of sp³-hybridized carbons (Fsp3) is 0.0476. The summed E-state index contributed by atoms with van der Waals surface area (Å²) in [6.45, 7) is 1.71. The number of anilines is 2. The first kappa shape index (κ1) is 15.1. The van der Waals surface area contributed by atoms with Gasteiger partial charge in [-0.3, -0.25) is 9.59 Å². The van der Waals surface area contributed by atoms with Crippen LogP contribution in [0.5, 0.6) is 5.75 Å². The van der Waals surface area contributed by atoms with Crippen LogP contribution in [0.3, 0.4) is 0 Å². The van der Waals surface area contributed by atoms with Crippen molar-refractivity contribution in [2.45, 2.75) is 6.92 Å². The lowest BCUT2D eigenvalue weighted by molar-refractivity contribution is 0.0977. The summed E-state index contributed by atoms with van der Waals surface area (Å²) in [7, 11) is 0. The molecule has 3 aromatic carbocycles. The fourth-order valence-electron chi connectivity index (χ4n) is 3.19. The molecular formula is C21H15NO3. The Morgan fingerprint density at radius 2 is 1.36 bits per heavy atom. The topological polar surface area (TPSA) is 66.4 Å². The van der Waals surface area contributed by atoms with Gasteiger partial charge in [0.15, 0.2) is 11.6 Å². The largest absolute Gasteiger partial charge is 0.507 e. The van der Waals surface area contributed by atoms with Crippen LogP contribution in [0.25, 0.3) is 0 Å². The van der Waals surface area contributed by atoms with Crippen LogP contribution in [-0.2, 0) is 0 Å². The van der Waals surface area contributed by atoms with Crippen LogP contribution in [0.1, 0.15) is 37.4 Å². The molecule has 0 saturated carbocycles. The zero-order chi connectivity index (χ0) is 17.6. The minimum absolute atomic E-state index is 0.0714. The summed E-state index contributed by atoms with van der Waals surface area (Å²) in [6.07, 6.45) is 0. The van der Waals surface area contributed by atoms with E-state index in [1.54, 1.807) is 37.3 Å². The van der Waals surface area contributed by atoms with Crippen molar-refractivity contribution >= 4 is 22.9 Å². The van der Waals surface area contributed by atoms with Gasteiger partial charge in [0.05, 0.1) is 16.8 Å². The summed E-state index contributed by atoms with van der Waals surface area (Å²) in [6, 6.07) is 17.8. The number of phenolic OH excluding ortho intramolecular Hbond substituents is 1. The van der Waals surface area contributed by atoms with Gasteiger partial charge in [0, 0.05) is 16.8 Å². The predicted molar refractivity (Wildman–Crippen MR) is 95.9 cm³/mol. The SMILES string of the molecule is Cc1cc(Nc2ccccc2)c2c(c1O)C(=O)c1ccccc1C2=O. The second-order valence-corrected chi connectivity index (χ2v) is 6.03. The van der Waals surface area contributed by atoms with E-state index < -0.39 is 0 Å². The molecule has 1 aliphatic rings. The molecule has 0 saturated heterocycles. The first-order valence-corrected chi connectivity index (χ1v) is 7.95. The van der Waals surface area contributed by atoms with Gasteiger partial charge in [0.1, 0.15) is 5.75 Å². The molecule has 0 bridgehead atoms. The summed E-state index contributed by atoms with van der Waals surface area (Å²) < 4.78 is 0. The maximum absolute atomic E-state index is 13.0. The van der Waals surface area contributed by atoms with Crippen molar-refractivity contribution in [3.63, 3.8) is 0 Å². The Balaban J connectivity index is 1.96. The third-order valence-electron chi connectivity index (χ3n) is 4.41. The third-order valence-corrected chi connectivity index (χ3v) is 4.41. The molecule has 0 fully saturated rings. The number of hydrogen-bond donors (Lipinski definition) is 2. The van der Waals surface area contributed by atoms with Crippen LogP contribution in [0.2, 0.25) is 0 Å². The van der Waals surface area contributed by atoms with E-state index in [2.05, 4.69) is 5.32 Å². The third kappa shape index (κ3) is 2.31. The van der Waals surface area contributed by atoms with Crippen LogP contribution in [0.4, 0.5) is 11.4 Å². The standard InChI is InChI=1S/C21H15NO3/c1-12-11-16(22-13-7-3-2-4-8-13)17-18(19(12)23)21(25)15-10-6-5-9-14(15)20(17)24/h2-11,22-23H,1H3. The second kappa shape index (κ2) is 5.60. The molecule has 25 heavy (non-hydrogen) atoms. The molecule has 0 heterocycles. The Hall–Kier alpha value is -3.40.